The Hall–Kier alpha value is -1.41. The van der Waals surface area contributed by atoms with Gasteiger partial charge in [0.1, 0.15) is 5.75 Å². The van der Waals surface area contributed by atoms with Crippen LogP contribution in [0.4, 0.5) is 0 Å². The van der Waals surface area contributed by atoms with Crippen LogP contribution in [0.3, 0.4) is 0 Å². The number of aliphatic hydroxyl groups excluding tert-OH is 1. The quantitative estimate of drug-likeness (QED) is 0.853. The van der Waals surface area contributed by atoms with Crippen molar-refractivity contribution in [2.75, 3.05) is 7.11 Å². The van der Waals surface area contributed by atoms with Gasteiger partial charge in [0, 0.05) is 10.9 Å². The maximum atomic E-state index is 12.3. The Morgan fingerprint density at radius 1 is 1.29 bits per heavy atom. The topological polar surface area (TPSA) is 75.6 Å². The van der Waals surface area contributed by atoms with Crippen molar-refractivity contribution in [2.24, 2.45) is 0 Å². The van der Waals surface area contributed by atoms with E-state index >= 15 is 0 Å². The third-order valence-corrected chi connectivity index (χ3v) is 5.75. The van der Waals surface area contributed by atoms with Crippen molar-refractivity contribution in [3.8, 4) is 5.75 Å². The number of hydrogen-bond donors (Lipinski definition) is 2. The molecule has 0 aliphatic carbocycles. The van der Waals surface area contributed by atoms with Gasteiger partial charge in [-0.25, -0.2) is 13.1 Å². The molecule has 0 spiro atoms. The molecule has 0 saturated heterocycles. The van der Waals surface area contributed by atoms with E-state index in [0.717, 1.165) is 5.56 Å². The predicted octanol–water partition coefficient (Wildman–Crippen LogP) is 2.29. The van der Waals surface area contributed by atoms with Crippen LogP contribution in [-0.2, 0) is 16.6 Å². The summed E-state index contributed by atoms with van der Waals surface area (Å²) in [5.41, 5.74) is 0.833. The number of ether oxygens (including phenoxy) is 1. The molecule has 1 atom stereocenters. The van der Waals surface area contributed by atoms with Crippen LogP contribution in [0.15, 0.2) is 40.6 Å². The zero-order valence-corrected chi connectivity index (χ0v) is 13.4. The third kappa shape index (κ3) is 3.62. The van der Waals surface area contributed by atoms with Crippen LogP contribution in [0.1, 0.15) is 23.4 Å². The molecule has 0 saturated carbocycles. The van der Waals surface area contributed by atoms with Crippen molar-refractivity contribution in [3.05, 3.63) is 46.2 Å². The summed E-state index contributed by atoms with van der Waals surface area (Å²) >= 11 is 1.22. The molecule has 21 heavy (non-hydrogen) atoms. The summed E-state index contributed by atoms with van der Waals surface area (Å²) in [7, 11) is -2.08. The number of nitrogens with one attached hydrogen (secondary N) is 1. The standard InChI is InChI=1S/C14H17NO4S2/c1-10(11-3-5-12(19-2)6-4-11)15-21(17,18)14-7-8-20-13(14)9-16/h3-8,10,15-16H,9H2,1-2H3. The molecule has 1 aromatic carbocycles. The van der Waals surface area contributed by atoms with Gasteiger partial charge in [0.2, 0.25) is 10.0 Å². The van der Waals surface area contributed by atoms with E-state index in [-0.39, 0.29) is 17.5 Å². The maximum absolute atomic E-state index is 12.3. The Bertz CT molecular complexity index is 692. The van der Waals surface area contributed by atoms with E-state index in [1.54, 1.807) is 31.5 Å². The number of benzene rings is 1. The van der Waals surface area contributed by atoms with Crippen LogP contribution in [-0.4, -0.2) is 20.6 Å². The number of thiophene rings is 1. The highest BCUT2D eigenvalue weighted by molar-refractivity contribution is 7.89. The molecule has 2 aromatic rings. The van der Waals surface area contributed by atoms with E-state index < -0.39 is 10.0 Å². The monoisotopic (exact) mass is 327 g/mol. The van der Waals surface area contributed by atoms with Crippen molar-refractivity contribution in [3.63, 3.8) is 0 Å². The van der Waals surface area contributed by atoms with E-state index in [1.807, 2.05) is 12.1 Å². The fourth-order valence-electron chi connectivity index (χ4n) is 1.94. The van der Waals surface area contributed by atoms with Gasteiger partial charge in [-0.3, -0.25) is 0 Å². The van der Waals surface area contributed by atoms with Gasteiger partial charge < -0.3 is 9.84 Å². The number of hydrogen-bond acceptors (Lipinski definition) is 5. The maximum Gasteiger partial charge on any atom is 0.242 e. The Morgan fingerprint density at radius 3 is 2.52 bits per heavy atom. The van der Waals surface area contributed by atoms with E-state index in [2.05, 4.69) is 4.72 Å². The van der Waals surface area contributed by atoms with Crippen molar-refractivity contribution in [1.82, 2.24) is 4.72 Å². The fourth-order valence-corrected chi connectivity index (χ4v) is 4.47. The molecule has 0 bridgehead atoms. The molecule has 1 aromatic heterocycles. The lowest BCUT2D eigenvalue weighted by molar-refractivity contribution is 0.282. The first-order valence-electron chi connectivity index (χ1n) is 6.31. The first kappa shape index (κ1) is 16.0. The highest BCUT2D eigenvalue weighted by Gasteiger charge is 2.22. The minimum atomic E-state index is -3.65. The van der Waals surface area contributed by atoms with Crippen LogP contribution >= 0.6 is 11.3 Å². The SMILES string of the molecule is COc1ccc(C(C)NS(=O)(=O)c2ccsc2CO)cc1. The zero-order chi connectivity index (χ0) is 15.5. The molecular formula is C14H17NO4S2. The molecule has 7 heteroatoms. The fraction of sp³-hybridized carbons (Fsp3) is 0.286. The second-order valence-corrected chi connectivity index (χ2v) is 7.17. The minimum absolute atomic E-state index is 0.135. The van der Waals surface area contributed by atoms with E-state index in [9.17, 15) is 13.5 Å². The van der Waals surface area contributed by atoms with Crippen molar-refractivity contribution in [1.29, 1.82) is 0 Å². The number of rotatable bonds is 6. The molecule has 0 radical (unpaired) electrons. The zero-order valence-electron chi connectivity index (χ0n) is 11.7. The first-order valence-corrected chi connectivity index (χ1v) is 8.67. The van der Waals surface area contributed by atoms with Crippen LogP contribution in [0.25, 0.3) is 0 Å². The van der Waals surface area contributed by atoms with Crippen LogP contribution < -0.4 is 9.46 Å². The first-order chi connectivity index (χ1) is 9.97. The molecule has 0 aliphatic rings. The Kier molecular flexibility index (Phi) is 5.00. The molecule has 2 rings (SSSR count). The normalized spacial score (nSPS) is 13.1. The van der Waals surface area contributed by atoms with Gasteiger partial charge in [-0.2, -0.15) is 0 Å². The summed E-state index contributed by atoms with van der Waals surface area (Å²) in [4.78, 5) is 0.569. The van der Waals surface area contributed by atoms with Gasteiger partial charge in [-0.15, -0.1) is 11.3 Å². The lowest BCUT2D eigenvalue weighted by atomic mass is 10.1. The largest absolute Gasteiger partial charge is 0.497 e. The Morgan fingerprint density at radius 2 is 1.95 bits per heavy atom. The lowest BCUT2D eigenvalue weighted by Crippen LogP contribution is -2.27. The molecule has 2 N–H and O–H groups in total. The van der Waals surface area contributed by atoms with Gasteiger partial charge in [-0.1, -0.05) is 12.1 Å². The van der Waals surface area contributed by atoms with Gasteiger partial charge in [0.15, 0.2) is 0 Å². The molecule has 114 valence electrons. The van der Waals surface area contributed by atoms with Crippen molar-refractivity contribution in [2.45, 2.75) is 24.5 Å². The summed E-state index contributed by atoms with van der Waals surface area (Å²) in [6.45, 7) is 1.48. The average molecular weight is 327 g/mol. The summed E-state index contributed by atoms with van der Waals surface area (Å²) in [6.07, 6.45) is 0. The smallest absolute Gasteiger partial charge is 0.242 e. The third-order valence-electron chi connectivity index (χ3n) is 3.09. The van der Waals surface area contributed by atoms with Gasteiger partial charge in [0.25, 0.3) is 0 Å². The van der Waals surface area contributed by atoms with Crippen molar-refractivity contribution >= 4 is 21.4 Å². The van der Waals surface area contributed by atoms with E-state index in [4.69, 9.17) is 4.74 Å². The second-order valence-electron chi connectivity index (χ2n) is 4.48. The Labute approximate surface area is 128 Å². The Balaban J connectivity index is 2.19. The minimum Gasteiger partial charge on any atom is -0.497 e. The highest BCUT2D eigenvalue weighted by atomic mass is 32.2. The second kappa shape index (κ2) is 6.57. The number of aliphatic hydroxyl groups is 1. The molecule has 5 nitrogen and oxygen atoms in total. The van der Waals surface area contributed by atoms with Crippen LogP contribution in [0.2, 0.25) is 0 Å². The molecular weight excluding hydrogens is 310 g/mol. The highest BCUT2D eigenvalue weighted by Crippen LogP contribution is 2.24. The van der Waals surface area contributed by atoms with Crippen molar-refractivity contribution < 1.29 is 18.3 Å². The van der Waals surface area contributed by atoms with Crippen LogP contribution in [0, 0.1) is 0 Å². The van der Waals surface area contributed by atoms with E-state index in [0.29, 0.717) is 10.6 Å². The van der Waals surface area contributed by atoms with Crippen LogP contribution in [0.5, 0.6) is 5.75 Å². The van der Waals surface area contributed by atoms with Gasteiger partial charge in [-0.05, 0) is 36.1 Å². The summed E-state index contributed by atoms with van der Waals surface area (Å²) in [5, 5.41) is 10.8. The predicted molar refractivity (Wildman–Crippen MR) is 82.0 cm³/mol. The molecule has 0 aliphatic heterocycles. The van der Waals surface area contributed by atoms with E-state index in [1.165, 1.54) is 17.4 Å². The molecule has 0 fully saturated rings. The average Bonchev–Trinajstić information content (AvgIpc) is 2.96. The molecule has 1 unspecified atom stereocenters. The lowest BCUT2D eigenvalue weighted by Gasteiger charge is -2.15. The molecule has 1 heterocycles. The van der Waals surface area contributed by atoms with Gasteiger partial charge >= 0.3 is 0 Å². The summed E-state index contributed by atoms with van der Waals surface area (Å²) in [6, 6.07) is 8.30. The summed E-state index contributed by atoms with van der Waals surface area (Å²) < 4.78 is 32.4. The van der Waals surface area contributed by atoms with Gasteiger partial charge in [0.05, 0.1) is 18.6 Å². The number of methoxy groups -OCH3 is 1. The number of sulfonamides is 1. The molecule has 0 amide bonds. The summed E-state index contributed by atoms with van der Waals surface area (Å²) in [5.74, 6) is 0.717.